The third-order valence-electron chi connectivity index (χ3n) is 4.68. The van der Waals surface area contributed by atoms with E-state index in [4.69, 9.17) is 25.8 Å². The predicted octanol–water partition coefficient (Wildman–Crippen LogP) is 5.31. The minimum atomic E-state index is -0.649. The zero-order chi connectivity index (χ0) is 21.7. The average Bonchev–Trinajstić information content (AvgIpc) is 3.11. The van der Waals surface area contributed by atoms with E-state index in [1.54, 1.807) is 12.3 Å². The highest BCUT2D eigenvalue weighted by Crippen LogP contribution is 2.35. The number of halogens is 2. The van der Waals surface area contributed by atoms with Gasteiger partial charge in [0.1, 0.15) is 6.61 Å². The highest BCUT2D eigenvalue weighted by atomic mass is 35.5. The number of unbranched alkanes of at least 4 members (excludes halogenated alkanes) is 1. The normalized spacial score (nSPS) is 11.1. The summed E-state index contributed by atoms with van der Waals surface area (Å²) in [5, 5.41) is 0.787. The highest BCUT2D eigenvalue weighted by molar-refractivity contribution is 6.32. The fourth-order valence-corrected chi connectivity index (χ4v) is 3.35. The number of nitrogens with one attached hydrogen (secondary N) is 1. The molecule has 2 heterocycles. The Bertz CT molecular complexity index is 1050. The number of esters is 1. The third kappa shape index (κ3) is 4.57. The number of ether oxygens (including phenoxy) is 3. The first kappa shape index (κ1) is 22.1. The van der Waals surface area contributed by atoms with Crippen molar-refractivity contribution in [2.75, 3.05) is 26.9 Å². The molecule has 0 saturated carbocycles. The predicted molar refractivity (Wildman–Crippen MR) is 114 cm³/mol. The summed E-state index contributed by atoms with van der Waals surface area (Å²) in [5.41, 5.74) is 2.04. The van der Waals surface area contributed by atoms with Crippen LogP contribution in [0.3, 0.4) is 0 Å². The Morgan fingerprint density at radius 1 is 1.27 bits per heavy atom. The molecule has 0 unspecified atom stereocenters. The molecule has 1 N–H and O–H groups in total. The van der Waals surface area contributed by atoms with E-state index in [1.165, 1.54) is 19.2 Å². The number of carbonyl (C=O) groups is 1. The molecule has 0 fully saturated rings. The molecule has 0 aliphatic rings. The molecule has 0 bridgehead atoms. The number of rotatable bonds is 9. The molecule has 2 aromatic heterocycles. The van der Waals surface area contributed by atoms with Crippen molar-refractivity contribution in [2.45, 2.75) is 26.7 Å². The summed E-state index contributed by atoms with van der Waals surface area (Å²) in [4.78, 5) is 20.3. The first-order valence-corrected chi connectivity index (χ1v) is 10.1. The summed E-state index contributed by atoms with van der Waals surface area (Å²) >= 11 is 5.99. The first-order chi connectivity index (χ1) is 14.5. The number of hydrogen-bond acceptors (Lipinski definition) is 5. The van der Waals surface area contributed by atoms with Crippen LogP contribution in [0.2, 0.25) is 5.02 Å². The Labute approximate surface area is 179 Å². The molecule has 3 rings (SSSR count). The first-order valence-electron chi connectivity index (χ1n) is 9.73. The number of nitrogens with zero attached hydrogens (tertiary/aromatic N) is 1. The lowest BCUT2D eigenvalue weighted by atomic mass is 10.1. The second-order valence-corrected chi connectivity index (χ2v) is 7.20. The molecular formula is C22H24ClFN2O4. The fraction of sp³-hybridized carbons (Fsp3) is 0.364. The topological polar surface area (TPSA) is 73.4 Å². The molecule has 0 aliphatic carbocycles. The van der Waals surface area contributed by atoms with E-state index in [9.17, 15) is 9.18 Å². The molecule has 3 aromatic rings. The number of pyridine rings is 1. The number of aromatic amines is 1. The number of hydrogen-bond donors (Lipinski definition) is 1. The molecular weight excluding hydrogens is 411 g/mol. The maximum Gasteiger partial charge on any atom is 0.357 e. The van der Waals surface area contributed by atoms with Gasteiger partial charge in [-0.25, -0.2) is 14.2 Å². The molecule has 30 heavy (non-hydrogen) atoms. The van der Waals surface area contributed by atoms with Crippen molar-refractivity contribution >= 4 is 28.5 Å². The number of benzene rings is 1. The van der Waals surface area contributed by atoms with Gasteiger partial charge in [-0.15, -0.1) is 0 Å². The monoisotopic (exact) mass is 434 g/mol. The number of H-pyrrole nitrogens is 1. The summed E-state index contributed by atoms with van der Waals surface area (Å²) in [7, 11) is 1.34. The standard InChI is InChI=1S/C22H24ClFN2O4/c1-4-5-8-29-9-10-30-22(27)20-18-13(2)12-25-17(18)11-16(26-20)14-6-7-15(23)21(28-3)19(14)24/h6-7,11-12,25H,4-5,8-10H2,1-3H3. The molecule has 1 aromatic carbocycles. The van der Waals surface area contributed by atoms with E-state index in [0.29, 0.717) is 24.1 Å². The second kappa shape index (κ2) is 9.91. The summed E-state index contributed by atoms with van der Waals surface area (Å²) in [6.45, 7) is 4.98. The van der Waals surface area contributed by atoms with Crippen LogP contribution < -0.4 is 4.74 Å². The van der Waals surface area contributed by atoms with E-state index in [2.05, 4.69) is 16.9 Å². The van der Waals surface area contributed by atoms with Crippen molar-refractivity contribution in [1.82, 2.24) is 9.97 Å². The zero-order valence-corrected chi connectivity index (χ0v) is 17.9. The van der Waals surface area contributed by atoms with E-state index >= 15 is 0 Å². The van der Waals surface area contributed by atoms with Crippen molar-refractivity contribution in [3.05, 3.63) is 46.5 Å². The van der Waals surface area contributed by atoms with Gasteiger partial charge in [0.2, 0.25) is 0 Å². The van der Waals surface area contributed by atoms with Crippen molar-refractivity contribution in [1.29, 1.82) is 0 Å². The third-order valence-corrected chi connectivity index (χ3v) is 4.98. The average molecular weight is 435 g/mol. The Kier molecular flexibility index (Phi) is 7.29. The van der Waals surface area contributed by atoms with Gasteiger partial charge in [-0.3, -0.25) is 0 Å². The van der Waals surface area contributed by atoms with Crippen LogP contribution in [0.5, 0.6) is 5.75 Å². The number of carbonyl (C=O) groups excluding carboxylic acids is 1. The fourth-order valence-electron chi connectivity index (χ4n) is 3.13. The molecule has 0 aliphatic heterocycles. The summed E-state index contributed by atoms with van der Waals surface area (Å²) < 4.78 is 30.7. The summed E-state index contributed by atoms with van der Waals surface area (Å²) in [5.74, 6) is -1.32. The Morgan fingerprint density at radius 3 is 2.80 bits per heavy atom. The zero-order valence-electron chi connectivity index (χ0n) is 17.2. The van der Waals surface area contributed by atoms with Gasteiger partial charge in [0.15, 0.2) is 17.3 Å². The van der Waals surface area contributed by atoms with Gasteiger partial charge in [0.05, 0.1) is 29.9 Å². The minimum Gasteiger partial charge on any atom is -0.492 e. The van der Waals surface area contributed by atoms with Crippen molar-refractivity contribution < 1.29 is 23.4 Å². The van der Waals surface area contributed by atoms with Crippen LogP contribution in [0.4, 0.5) is 4.39 Å². The number of aromatic nitrogens is 2. The Morgan fingerprint density at radius 2 is 2.07 bits per heavy atom. The van der Waals surface area contributed by atoms with Crippen molar-refractivity contribution in [2.24, 2.45) is 0 Å². The molecule has 0 saturated heterocycles. The largest absolute Gasteiger partial charge is 0.492 e. The van der Waals surface area contributed by atoms with Crippen LogP contribution in [-0.4, -0.2) is 42.9 Å². The van der Waals surface area contributed by atoms with Gasteiger partial charge >= 0.3 is 5.97 Å². The summed E-state index contributed by atoms with van der Waals surface area (Å²) in [6.07, 6.45) is 3.75. The molecule has 0 amide bonds. The van der Waals surface area contributed by atoms with Gasteiger partial charge in [0, 0.05) is 23.8 Å². The molecule has 0 radical (unpaired) electrons. The van der Waals surface area contributed by atoms with Crippen LogP contribution in [0.1, 0.15) is 35.8 Å². The molecule has 8 heteroatoms. The van der Waals surface area contributed by atoms with Crippen LogP contribution in [0.15, 0.2) is 24.4 Å². The smallest absolute Gasteiger partial charge is 0.357 e. The van der Waals surface area contributed by atoms with Crippen LogP contribution in [0, 0.1) is 12.7 Å². The highest BCUT2D eigenvalue weighted by Gasteiger charge is 2.21. The number of aryl methyl sites for hydroxylation is 1. The molecule has 6 nitrogen and oxygen atoms in total. The van der Waals surface area contributed by atoms with Crippen LogP contribution in [0.25, 0.3) is 22.2 Å². The molecule has 160 valence electrons. The van der Waals surface area contributed by atoms with Crippen molar-refractivity contribution in [3.63, 3.8) is 0 Å². The van der Waals surface area contributed by atoms with Gasteiger partial charge in [-0.05, 0) is 37.1 Å². The summed E-state index contributed by atoms with van der Waals surface area (Å²) in [6, 6.07) is 4.70. The van der Waals surface area contributed by atoms with Gasteiger partial charge in [-0.1, -0.05) is 24.9 Å². The maximum atomic E-state index is 14.9. The van der Waals surface area contributed by atoms with Gasteiger partial charge in [0.25, 0.3) is 0 Å². The lowest BCUT2D eigenvalue weighted by Crippen LogP contribution is -2.13. The Hall–Kier alpha value is -2.64. The quantitative estimate of drug-likeness (QED) is 0.365. The van der Waals surface area contributed by atoms with Gasteiger partial charge in [-0.2, -0.15) is 0 Å². The van der Waals surface area contributed by atoms with E-state index in [0.717, 1.165) is 18.4 Å². The lowest BCUT2D eigenvalue weighted by molar-refractivity contribution is 0.0310. The number of methoxy groups -OCH3 is 1. The van der Waals surface area contributed by atoms with Gasteiger partial charge < -0.3 is 19.2 Å². The van der Waals surface area contributed by atoms with E-state index in [1.807, 2.05) is 6.92 Å². The van der Waals surface area contributed by atoms with E-state index in [-0.39, 0.29) is 34.3 Å². The lowest BCUT2D eigenvalue weighted by Gasteiger charge is -2.11. The van der Waals surface area contributed by atoms with Crippen LogP contribution >= 0.6 is 11.6 Å². The molecule has 0 atom stereocenters. The second-order valence-electron chi connectivity index (χ2n) is 6.79. The van der Waals surface area contributed by atoms with E-state index < -0.39 is 11.8 Å². The molecule has 0 spiro atoms. The SMILES string of the molecule is CCCCOCCOC(=O)c1nc(-c2ccc(Cl)c(OC)c2F)cc2[nH]cc(C)c12. The Balaban J connectivity index is 1.93. The number of fused-ring (bicyclic) bond motifs is 1. The minimum absolute atomic E-state index is 0.0768. The van der Waals surface area contributed by atoms with Crippen molar-refractivity contribution in [3.8, 4) is 17.0 Å². The van der Waals surface area contributed by atoms with Crippen LogP contribution in [-0.2, 0) is 9.47 Å². The maximum absolute atomic E-state index is 14.9.